The minimum atomic E-state index is -0.847. The van der Waals surface area contributed by atoms with Crippen molar-refractivity contribution in [1.82, 2.24) is 10.2 Å². The molecule has 0 bridgehead atoms. The molecule has 1 heterocycles. The summed E-state index contributed by atoms with van der Waals surface area (Å²) in [4.78, 5) is 37.6. The first-order valence-corrected chi connectivity index (χ1v) is 9.92. The fourth-order valence-electron chi connectivity index (χ4n) is 3.75. The van der Waals surface area contributed by atoms with Crippen LogP contribution in [0, 0.1) is 0 Å². The molecule has 2 amide bonds. The van der Waals surface area contributed by atoms with E-state index in [-0.39, 0.29) is 30.7 Å². The topological polar surface area (TPSA) is 95.9 Å². The highest BCUT2D eigenvalue weighted by molar-refractivity contribution is 5.80. The van der Waals surface area contributed by atoms with Gasteiger partial charge in [-0.1, -0.05) is 18.2 Å². The van der Waals surface area contributed by atoms with Crippen molar-refractivity contribution in [3.8, 4) is 5.75 Å². The van der Waals surface area contributed by atoms with E-state index in [1.165, 1.54) is 6.92 Å². The Morgan fingerprint density at radius 2 is 2.04 bits per heavy atom. The molecule has 0 aromatic heterocycles. The monoisotopic (exact) mass is 390 g/mol. The second kappa shape index (κ2) is 10.7. The van der Waals surface area contributed by atoms with Crippen LogP contribution in [0.2, 0.25) is 0 Å². The fourth-order valence-corrected chi connectivity index (χ4v) is 3.75. The zero-order chi connectivity index (χ0) is 20.5. The van der Waals surface area contributed by atoms with Crippen LogP contribution in [0.25, 0.3) is 0 Å². The van der Waals surface area contributed by atoms with Crippen molar-refractivity contribution in [2.45, 2.75) is 64.5 Å². The molecule has 7 heteroatoms. The summed E-state index contributed by atoms with van der Waals surface area (Å²) >= 11 is 0. The molecule has 2 rings (SSSR count). The lowest BCUT2D eigenvalue weighted by Gasteiger charge is -2.36. The number of amides is 2. The minimum absolute atomic E-state index is 0.0523. The number of nitrogens with zero attached hydrogens (tertiary/aromatic N) is 1. The molecule has 1 aliphatic heterocycles. The van der Waals surface area contributed by atoms with E-state index in [4.69, 9.17) is 9.84 Å². The summed E-state index contributed by atoms with van der Waals surface area (Å²) in [6, 6.07) is 6.85. The first-order valence-electron chi connectivity index (χ1n) is 9.92. The van der Waals surface area contributed by atoms with E-state index in [1.807, 2.05) is 31.2 Å². The van der Waals surface area contributed by atoms with Crippen LogP contribution >= 0.6 is 0 Å². The third-order valence-electron chi connectivity index (χ3n) is 4.99. The van der Waals surface area contributed by atoms with Gasteiger partial charge in [0.15, 0.2) is 0 Å². The molecule has 2 atom stereocenters. The van der Waals surface area contributed by atoms with Crippen LogP contribution in [-0.2, 0) is 14.4 Å². The second-order valence-electron chi connectivity index (χ2n) is 7.10. The van der Waals surface area contributed by atoms with Crippen molar-refractivity contribution < 1.29 is 24.2 Å². The van der Waals surface area contributed by atoms with Gasteiger partial charge in [0.2, 0.25) is 11.8 Å². The standard InChI is InChI=1S/C21H30N2O5/c1-3-28-19-10-5-4-9-17(19)18(22-15(2)24)14-20(25)23-13-7-6-8-16(23)11-12-21(26)27/h4-5,9-10,16,18H,3,6-8,11-14H2,1-2H3,(H,22,24)(H,26,27). The number of para-hydroxylation sites is 1. The van der Waals surface area contributed by atoms with Gasteiger partial charge in [-0.3, -0.25) is 14.4 Å². The number of aliphatic carboxylic acids is 1. The van der Waals surface area contributed by atoms with E-state index in [0.29, 0.717) is 25.3 Å². The Morgan fingerprint density at radius 3 is 2.71 bits per heavy atom. The molecule has 0 spiro atoms. The van der Waals surface area contributed by atoms with Gasteiger partial charge in [-0.2, -0.15) is 0 Å². The van der Waals surface area contributed by atoms with Gasteiger partial charge >= 0.3 is 5.97 Å². The number of carboxylic acid groups (broad SMARTS) is 1. The molecule has 2 N–H and O–H groups in total. The minimum Gasteiger partial charge on any atom is -0.494 e. The van der Waals surface area contributed by atoms with Crippen LogP contribution in [0.5, 0.6) is 5.75 Å². The Labute approximate surface area is 166 Å². The Balaban J connectivity index is 2.17. The number of ether oxygens (including phenoxy) is 1. The number of carbonyl (C=O) groups is 3. The Hall–Kier alpha value is -2.57. The quantitative estimate of drug-likeness (QED) is 0.676. The van der Waals surface area contributed by atoms with Gasteiger partial charge in [0.25, 0.3) is 0 Å². The summed E-state index contributed by atoms with van der Waals surface area (Å²) in [5, 5.41) is 11.8. The number of piperidine rings is 1. The molecule has 1 saturated heterocycles. The van der Waals surface area contributed by atoms with E-state index < -0.39 is 12.0 Å². The van der Waals surface area contributed by atoms with Crippen LogP contribution in [0.3, 0.4) is 0 Å². The molecule has 0 radical (unpaired) electrons. The van der Waals surface area contributed by atoms with Crippen LogP contribution in [0.1, 0.15) is 64.0 Å². The number of likely N-dealkylation sites (tertiary alicyclic amines) is 1. The number of hydrogen-bond acceptors (Lipinski definition) is 4. The molecule has 154 valence electrons. The first-order chi connectivity index (χ1) is 13.4. The largest absolute Gasteiger partial charge is 0.494 e. The van der Waals surface area contributed by atoms with E-state index in [0.717, 1.165) is 24.8 Å². The van der Waals surface area contributed by atoms with Gasteiger partial charge < -0.3 is 20.1 Å². The zero-order valence-corrected chi connectivity index (χ0v) is 16.6. The normalized spacial score (nSPS) is 17.6. The highest BCUT2D eigenvalue weighted by Gasteiger charge is 2.30. The van der Waals surface area contributed by atoms with Crippen LogP contribution in [-0.4, -0.2) is 47.0 Å². The number of nitrogens with one attached hydrogen (secondary N) is 1. The van der Waals surface area contributed by atoms with Crippen LogP contribution < -0.4 is 10.1 Å². The van der Waals surface area contributed by atoms with Crippen LogP contribution in [0.15, 0.2) is 24.3 Å². The third kappa shape index (κ3) is 6.25. The molecular formula is C21H30N2O5. The van der Waals surface area contributed by atoms with Gasteiger partial charge in [-0.15, -0.1) is 0 Å². The smallest absolute Gasteiger partial charge is 0.303 e. The SMILES string of the molecule is CCOc1ccccc1C(CC(=O)N1CCCCC1CCC(=O)O)NC(C)=O. The van der Waals surface area contributed by atoms with Crippen LogP contribution in [0.4, 0.5) is 0 Å². The summed E-state index contributed by atoms with van der Waals surface area (Å²) in [5.74, 6) is -0.484. The first kappa shape index (κ1) is 21.7. The van der Waals surface area contributed by atoms with Crippen molar-refractivity contribution in [1.29, 1.82) is 0 Å². The molecule has 28 heavy (non-hydrogen) atoms. The summed E-state index contributed by atoms with van der Waals surface area (Å²) in [7, 11) is 0. The van der Waals surface area contributed by atoms with Crippen molar-refractivity contribution in [2.75, 3.05) is 13.2 Å². The number of carboxylic acids is 1. The Bertz CT molecular complexity index is 691. The van der Waals surface area contributed by atoms with Gasteiger partial charge in [-0.05, 0) is 38.7 Å². The Morgan fingerprint density at radius 1 is 1.29 bits per heavy atom. The molecule has 7 nitrogen and oxygen atoms in total. The molecule has 1 aromatic rings. The maximum Gasteiger partial charge on any atom is 0.303 e. The average Bonchev–Trinajstić information content (AvgIpc) is 2.66. The maximum absolute atomic E-state index is 13.1. The van der Waals surface area contributed by atoms with E-state index in [1.54, 1.807) is 4.90 Å². The second-order valence-corrected chi connectivity index (χ2v) is 7.10. The Kier molecular flexibility index (Phi) is 8.29. The number of rotatable bonds is 9. The zero-order valence-electron chi connectivity index (χ0n) is 16.6. The predicted octanol–water partition coefficient (Wildman–Crippen LogP) is 2.90. The molecule has 1 aliphatic rings. The van der Waals surface area contributed by atoms with Crippen molar-refractivity contribution in [2.24, 2.45) is 0 Å². The summed E-state index contributed by atoms with van der Waals surface area (Å²) in [6.45, 7) is 4.43. The number of hydrogen-bond donors (Lipinski definition) is 2. The fraction of sp³-hybridized carbons (Fsp3) is 0.571. The molecule has 0 aliphatic carbocycles. The lowest BCUT2D eigenvalue weighted by Crippen LogP contribution is -2.45. The summed E-state index contributed by atoms with van der Waals surface area (Å²) < 4.78 is 5.67. The molecule has 0 saturated carbocycles. The van der Waals surface area contributed by atoms with E-state index >= 15 is 0 Å². The van der Waals surface area contributed by atoms with Crippen molar-refractivity contribution in [3.05, 3.63) is 29.8 Å². The van der Waals surface area contributed by atoms with Gasteiger partial charge in [0.1, 0.15) is 5.75 Å². The molecule has 2 unspecified atom stereocenters. The van der Waals surface area contributed by atoms with E-state index in [9.17, 15) is 14.4 Å². The number of carbonyl (C=O) groups excluding carboxylic acids is 2. The van der Waals surface area contributed by atoms with Gasteiger partial charge in [0.05, 0.1) is 19.1 Å². The van der Waals surface area contributed by atoms with Crippen molar-refractivity contribution >= 4 is 17.8 Å². The molecule has 1 aromatic carbocycles. The highest BCUT2D eigenvalue weighted by atomic mass is 16.5. The maximum atomic E-state index is 13.1. The van der Waals surface area contributed by atoms with E-state index in [2.05, 4.69) is 5.32 Å². The molecule has 1 fully saturated rings. The predicted molar refractivity (Wildman–Crippen MR) is 105 cm³/mol. The third-order valence-corrected chi connectivity index (χ3v) is 4.99. The number of benzene rings is 1. The average molecular weight is 390 g/mol. The highest BCUT2D eigenvalue weighted by Crippen LogP contribution is 2.30. The van der Waals surface area contributed by atoms with Gasteiger partial charge in [-0.25, -0.2) is 0 Å². The van der Waals surface area contributed by atoms with Crippen molar-refractivity contribution in [3.63, 3.8) is 0 Å². The summed E-state index contributed by atoms with van der Waals surface area (Å²) in [5.41, 5.74) is 0.770. The van der Waals surface area contributed by atoms with Gasteiger partial charge in [0, 0.05) is 31.5 Å². The lowest BCUT2D eigenvalue weighted by molar-refractivity contribution is -0.140. The molecular weight excluding hydrogens is 360 g/mol. The summed E-state index contributed by atoms with van der Waals surface area (Å²) in [6.07, 6.45) is 3.36. The lowest BCUT2D eigenvalue weighted by atomic mass is 9.95.